The van der Waals surface area contributed by atoms with Crippen LogP contribution in [-0.2, 0) is 6.42 Å². The Labute approximate surface area is 108 Å². The minimum atomic E-state index is 0.651. The summed E-state index contributed by atoms with van der Waals surface area (Å²) in [5.41, 5.74) is 9.67. The Balaban J connectivity index is 2.33. The highest BCUT2D eigenvalue weighted by molar-refractivity contribution is 5.55. The van der Waals surface area contributed by atoms with Crippen molar-refractivity contribution in [3.05, 3.63) is 47.3 Å². The molecule has 2 aromatic rings. The summed E-state index contributed by atoms with van der Waals surface area (Å²) in [7, 11) is 0. The molecule has 1 heterocycles. The summed E-state index contributed by atoms with van der Waals surface area (Å²) in [4.78, 5) is 4.47. The lowest BCUT2D eigenvalue weighted by atomic mass is 10.2. The summed E-state index contributed by atoms with van der Waals surface area (Å²) in [5, 5.41) is 0. The van der Waals surface area contributed by atoms with Gasteiger partial charge >= 0.3 is 0 Å². The first-order valence-electron chi connectivity index (χ1n) is 6.10. The maximum absolute atomic E-state index is 5.95. The highest BCUT2D eigenvalue weighted by atomic mass is 16.5. The van der Waals surface area contributed by atoms with E-state index in [1.54, 1.807) is 0 Å². The molecule has 2 rings (SSSR count). The zero-order chi connectivity index (χ0) is 13.1. The molecule has 0 atom stereocenters. The van der Waals surface area contributed by atoms with E-state index in [4.69, 9.17) is 10.5 Å². The molecule has 0 fully saturated rings. The van der Waals surface area contributed by atoms with E-state index >= 15 is 0 Å². The number of nitrogens with two attached hydrogens (primary N) is 1. The van der Waals surface area contributed by atoms with Crippen LogP contribution >= 0.6 is 0 Å². The van der Waals surface area contributed by atoms with Gasteiger partial charge in [-0.2, -0.15) is 0 Å². The highest BCUT2D eigenvalue weighted by Gasteiger charge is 2.07. The van der Waals surface area contributed by atoms with Gasteiger partial charge in [-0.25, -0.2) is 0 Å². The standard InChI is InChI=1S/C15H18N2O/c1-4-13-15(8-6-11(3)17-13)18-14-7-5-10(2)9-12(14)16/h5-9H,4,16H2,1-3H3. The maximum atomic E-state index is 5.95. The Hall–Kier alpha value is -2.03. The molecule has 0 bridgehead atoms. The fraction of sp³-hybridized carbons (Fsp3) is 0.267. The van der Waals surface area contributed by atoms with Gasteiger partial charge in [-0.05, 0) is 50.1 Å². The number of aromatic nitrogens is 1. The number of rotatable bonds is 3. The number of nitrogens with zero attached hydrogens (tertiary/aromatic N) is 1. The molecule has 1 aromatic carbocycles. The second kappa shape index (κ2) is 5.08. The van der Waals surface area contributed by atoms with Crippen molar-refractivity contribution in [2.75, 3.05) is 5.73 Å². The number of benzene rings is 1. The van der Waals surface area contributed by atoms with E-state index in [0.29, 0.717) is 11.4 Å². The van der Waals surface area contributed by atoms with Gasteiger partial charge in [0.25, 0.3) is 0 Å². The summed E-state index contributed by atoms with van der Waals surface area (Å²) in [5.74, 6) is 1.46. The third-order valence-electron chi connectivity index (χ3n) is 2.79. The molecule has 0 amide bonds. The molecule has 0 aliphatic carbocycles. The van der Waals surface area contributed by atoms with Crippen LogP contribution in [0, 0.1) is 13.8 Å². The zero-order valence-electron chi connectivity index (χ0n) is 11.0. The molecule has 3 nitrogen and oxygen atoms in total. The van der Waals surface area contributed by atoms with Crippen LogP contribution in [0.4, 0.5) is 5.69 Å². The van der Waals surface area contributed by atoms with Gasteiger partial charge < -0.3 is 10.5 Å². The largest absolute Gasteiger partial charge is 0.453 e. The number of hydrogen-bond donors (Lipinski definition) is 1. The second-order valence-electron chi connectivity index (χ2n) is 4.39. The molecular weight excluding hydrogens is 224 g/mol. The molecule has 94 valence electrons. The van der Waals surface area contributed by atoms with Gasteiger partial charge in [-0.3, -0.25) is 4.98 Å². The molecule has 2 N–H and O–H groups in total. The molecule has 18 heavy (non-hydrogen) atoms. The van der Waals surface area contributed by atoms with E-state index in [1.165, 1.54) is 0 Å². The quantitative estimate of drug-likeness (QED) is 0.836. The Bertz CT molecular complexity index is 564. The number of ether oxygens (including phenoxy) is 1. The maximum Gasteiger partial charge on any atom is 0.150 e. The molecule has 0 unspecified atom stereocenters. The van der Waals surface area contributed by atoms with Crippen LogP contribution in [0.2, 0.25) is 0 Å². The lowest BCUT2D eigenvalue weighted by Gasteiger charge is -2.12. The van der Waals surface area contributed by atoms with Crippen molar-refractivity contribution in [3.63, 3.8) is 0 Å². The van der Waals surface area contributed by atoms with Crippen LogP contribution in [0.5, 0.6) is 11.5 Å². The van der Waals surface area contributed by atoms with Crippen molar-refractivity contribution in [3.8, 4) is 11.5 Å². The fourth-order valence-electron chi connectivity index (χ4n) is 1.82. The SMILES string of the molecule is CCc1nc(C)ccc1Oc1ccc(C)cc1N. The van der Waals surface area contributed by atoms with E-state index in [1.807, 2.05) is 44.2 Å². The number of hydrogen-bond acceptors (Lipinski definition) is 3. The van der Waals surface area contributed by atoms with Crippen LogP contribution in [0.3, 0.4) is 0 Å². The van der Waals surface area contributed by atoms with Crippen LogP contribution in [-0.4, -0.2) is 4.98 Å². The van der Waals surface area contributed by atoms with Crippen molar-refractivity contribution in [1.29, 1.82) is 0 Å². The molecular formula is C15H18N2O. The Morgan fingerprint density at radius 2 is 1.83 bits per heavy atom. The predicted octanol–water partition coefficient (Wildman–Crippen LogP) is 3.64. The second-order valence-corrected chi connectivity index (χ2v) is 4.39. The monoisotopic (exact) mass is 242 g/mol. The summed E-state index contributed by atoms with van der Waals surface area (Å²) in [6.45, 7) is 6.04. The van der Waals surface area contributed by atoms with Gasteiger partial charge in [0, 0.05) is 5.69 Å². The van der Waals surface area contributed by atoms with Crippen molar-refractivity contribution in [2.24, 2.45) is 0 Å². The Morgan fingerprint density at radius 1 is 1.11 bits per heavy atom. The van der Waals surface area contributed by atoms with Gasteiger partial charge in [0.15, 0.2) is 0 Å². The first kappa shape index (κ1) is 12.4. The summed E-state index contributed by atoms with van der Waals surface area (Å²) >= 11 is 0. The van der Waals surface area contributed by atoms with Crippen LogP contribution in [0.1, 0.15) is 23.9 Å². The average molecular weight is 242 g/mol. The van der Waals surface area contributed by atoms with Crippen molar-refractivity contribution in [1.82, 2.24) is 4.98 Å². The molecule has 0 radical (unpaired) electrons. The minimum Gasteiger partial charge on any atom is -0.453 e. The van der Waals surface area contributed by atoms with Crippen LogP contribution in [0.15, 0.2) is 30.3 Å². The Morgan fingerprint density at radius 3 is 2.50 bits per heavy atom. The van der Waals surface area contributed by atoms with Gasteiger partial charge in [-0.1, -0.05) is 13.0 Å². The third kappa shape index (κ3) is 2.62. The van der Waals surface area contributed by atoms with E-state index in [-0.39, 0.29) is 0 Å². The van der Waals surface area contributed by atoms with Gasteiger partial charge in [0.2, 0.25) is 0 Å². The highest BCUT2D eigenvalue weighted by Crippen LogP contribution is 2.30. The number of nitrogen functional groups attached to an aromatic ring is 1. The van der Waals surface area contributed by atoms with Crippen LogP contribution < -0.4 is 10.5 Å². The van der Waals surface area contributed by atoms with Crippen LogP contribution in [0.25, 0.3) is 0 Å². The Kier molecular flexibility index (Phi) is 3.51. The molecule has 0 saturated heterocycles. The average Bonchev–Trinajstić information content (AvgIpc) is 2.34. The van der Waals surface area contributed by atoms with Crippen molar-refractivity contribution in [2.45, 2.75) is 27.2 Å². The molecule has 0 spiro atoms. The predicted molar refractivity (Wildman–Crippen MR) is 74.0 cm³/mol. The zero-order valence-corrected chi connectivity index (χ0v) is 11.0. The summed E-state index contributed by atoms with van der Waals surface area (Å²) in [6.07, 6.45) is 0.836. The number of aryl methyl sites for hydroxylation is 3. The number of anilines is 1. The van der Waals surface area contributed by atoms with E-state index in [9.17, 15) is 0 Å². The molecule has 0 saturated carbocycles. The minimum absolute atomic E-state index is 0.651. The smallest absolute Gasteiger partial charge is 0.150 e. The molecule has 1 aromatic heterocycles. The van der Waals surface area contributed by atoms with Gasteiger partial charge in [0.05, 0.1) is 11.4 Å². The van der Waals surface area contributed by atoms with E-state index in [2.05, 4.69) is 11.9 Å². The van der Waals surface area contributed by atoms with Crippen molar-refractivity contribution < 1.29 is 4.74 Å². The van der Waals surface area contributed by atoms with Gasteiger partial charge in [0.1, 0.15) is 11.5 Å². The molecule has 3 heteroatoms. The third-order valence-corrected chi connectivity index (χ3v) is 2.79. The van der Waals surface area contributed by atoms with E-state index < -0.39 is 0 Å². The fourth-order valence-corrected chi connectivity index (χ4v) is 1.82. The van der Waals surface area contributed by atoms with Crippen molar-refractivity contribution >= 4 is 5.69 Å². The summed E-state index contributed by atoms with van der Waals surface area (Å²) in [6, 6.07) is 9.67. The lowest BCUT2D eigenvalue weighted by Crippen LogP contribution is -1.98. The normalized spacial score (nSPS) is 10.4. The van der Waals surface area contributed by atoms with Gasteiger partial charge in [-0.15, -0.1) is 0 Å². The molecule has 0 aliphatic rings. The first-order valence-corrected chi connectivity index (χ1v) is 6.10. The van der Waals surface area contributed by atoms with E-state index in [0.717, 1.165) is 29.1 Å². The number of pyridine rings is 1. The molecule has 0 aliphatic heterocycles. The lowest BCUT2D eigenvalue weighted by molar-refractivity contribution is 0.475. The summed E-state index contributed by atoms with van der Waals surface area (Å²) < 4.78 is 5.85. The topological polar surface area (TPSA) is 48.1 Å². The first-order chi connectivity index (χ1) is 8.60.